The summed E-state index contributed by atoms with van der Waals surface area (Å²) in [5.74, 6) is -0.286. The second kappa shape index (κ2) is 33.8. The Morgan fingerprint density at radius 3 is 1.39 bits per heavy atom. The maximum absolute atomic E-state index is 12.4. The third kappa shape index (κ3) is 20.5. The van der Waals surface area contributed by atoms with E-state index in [1.54, 1.807) is 85.1 Å². The maximum Gasteiger partial charge on any atom is 0.261 e. The molecule has 1 aromatic heterocycles. The summed E-state index contributed by atoms with van der Waals surface area (Å²) in [5, 5.41) is 21.6. The van der Waals surface area contributed by atoms with Gasteiger partial charge in [-0.25, -0.2) is 0 Å². The van der Waals surface area contributed by atoms with Crippen molar-refractivity contribution in [3.8, 4) is 12.3 Å². The molecule has 0 spiro atoms. The Kier molecular flexibility index (Phi) is 30.1. The molecule has 24 heteroatoms. The van der Waals surface area contributed by atoms with Crippen LogP contribution in [-0.2, 0) is 4.79 Å². The van der Waals surface area contributed by atoms with Gasteiger partial charge >= 0.3 is 141 Å². The van der Waals surface area contributed by atoms with Crippen molar-refractivity contribution >= 4 is 209 Å². The maximum atomic E-state index is 12.4. The van der Waals surface area contributed by atoms with Gasteiger partial charge in [-0.3, -0.25) is 53.4 Å². The van der Waals surface area contributed by atoms with Crippen molar-refractivity contribution in [1.82, 2.24) is 19.7 Å². The summed E-state index contributed by atoms with van der Waals surface area (Å²) >= 11 is 18.1. The quantitative estimate of drug-likeness (QED) is 0.0462. The Morgan fingerprint density at radius 2 is 1.01 bits per heavy atom. The van der Waals surface area contributed by atoms with Gasteiger partial charge in [-0.05, 0) is 97.3 Å². The molecule has 0 saturated heterocycles. The number of hydrogen-bond acceptors (Lipinski definition) is 11. The van der Waals surface area contributed by atoms with E-state index < -0.39 is 35.8 Å². The molecular formula is C52H44I10N5O9-. The molecule has 14 nitrogen and oxygen atoms in total. The molecule has 0 saturated carbocycles. The van der Waals surface area contributed by atoms with Gasteiger partial charge in [-0.15, -0.1) is 6.42 Å². The number of pyridine rings is 1. The Morgan fingerprint density at radius 1 is 0.645 bits per heavy atom. The number of rotatable bonds is 9. The van der Waals surface area contributed by atoms with Crippen LogP contribution in [0.4, 0.5) is 0 Å². The van der Waals surface area contributed by atoms with E-state index in [-0.39, 0.29) is 52.8 Å². The average molecular weight is 2150 g/mol. The number of aliphatic hydroxyl groups is 2. The van der Waals surface area contributed by atoms with Crippen LogP contribution in [0.25, 0.3) is 10.8 Å². The molecule has 2 atom stereocenters. The van der Waals surface area contributed by atoms with Gasteiger partial charge in [0.2, 0.25) is 0 Å². The average Bonchev–Trinajstić information content (AvgIpc) is 3.90. The van der Waals surface area contributed by atoms with Crippen LogP contribution in [0.5, 0.6) is 0 Å². The van der Waals surface area contributed by atoms with Crippen molar-refractivity contribution in [2.45, 2.75) is 38.5 Å². The van der Waals surface area contributed by atoms with Crippen LogP contribution < -0.4 is 13.3 Å². The summed E-state index contributed by atoms with van der Waals surface area (Å²) in [4.78, 5) is 93.3. The largest absolute Gasteiger partial charge is 0.385 e. The normalized spacial score (nSPS) is 14.2. The predicted molar refractivity (Wildman–Crippen MR) is 372 cm³/mol. The van der Waals surface area contributed by atoms with E-state index in [0.717, 1.165) is 25.5 Å². The first-order valence-corrected chi connectivity index (χ1v) is 66.9. The summed E-state index contributed by atoms with van der Waals surface area (Å²) < 4.78 is 1.24. The van der Waals surface area contributed by atoms with Crippen LogP contribution in [0, 0.1) is 15.9 Å². The molecule has 5 aromatic carbocycles. The number of β-amino-alcohol motifs (C(OH)–C–C–N with tert-alkyl or cyclic N) is 2. The predicted octanol–water partition coefficient (Wildman–Crippen LogP) is 10.9. The van der Waals surface area contributed by atoms with Gasteiger partial charge in [0.05, 0.1) is 64.2 Å². The van der Waals surface area contributed by atoms with Gasteiger partial charge in [0.1, 0.15) is 18.5 Å². The molecule has 0 radical (unpaired) electrons. The fourth-order valence-electron chi connectivity index (χ4n) is 6.91. The van der Waals surface area contributed by atoms with Gasteiger partial charge in [-0.2, -0.15) is 0 Å². The number of halogens is 10. The first-order chi connectivity index (χ1) is 36.0. The summed E-state index contributed by atoms with van der Waals surface area (Å²) in [5.41, 5.74) is 3.86. The fraction of sp³-hybridized carbons (Fsp3) is 0.173. The number of carbonyl (C=O) groups excluding carboxylic acids is 7. The second-order valence-corrected chi connectivity index (χ2v) is 131. The smallest absolute Gasteiger partial charge is 0.261 e. The first-order valence-electron chi connectivity index (χ1n) is 21.8. The first kappa shape index (κ1) is 67.6. The number of aliphatic imine (C=N–C) groups is 1. The molecule has 76 heavy (non-hydrogen) atoms. The number of hydrogen-bond donors (Lipinski definition) is 2. The minimum Gasteiger partial charge on any atom is -0.385 e. The van der Waals surface area contributed by atoms with Crippen LogP contribution in [0.3, 0.4) is 0 Å². The minimum atomic E-state index is -1.12. The van der Waals surface area contributed by atoms with Gasteiger partial charge in [0.25, 0.3) is 35.4 Å². The van der Waals surface area contributed by atoms with Crippen LogP contribution in [-0.4, -0.2) is 109 Å². The molecule has 3 aliphatic rings. The molecule has 9 rings (SSSR count). The van der Waals surface area contributed by atoms with E-state index in [4.69, 9.17) is 6.42 Å². The Labute approximate surface area is 533 Å². The van der Waals surface area contributed by atoms with Gasteiger partial charge in [0.15, 0.2) is 0 Å². The second-order valence-electron chi connectivity index (χ2n) is 16.4. The zero-order chi connectivity index (χ0) is 56.3. The third-order valence-corrected chi connectivity index (χ3v) is 93.9. The van der Waals surface area contributed by atoms with Gasteiger partial charge in [-0.1, -0.05) is 84.8 Å². The number of aliphatic hydroxyl groups excluding tert-OH is 2. The molecule has 0 fully saturated rings. The van der Waals surface area contributed by atoms with Crippen molar-refractivity contribution in [2.75, 3.05) is 19.6 Å². The van der Waals surface area contributed by atoms with E-state index in [9.17, 15) is 43.8 Å². The molecule has 4 heterocycles. The molecule has 3 aliphatic heterocycles. The zero-order valence-corrected chi connectivity index (χ0v) is 61.6. The number of aromatic nitrogens is 1. The molecule has 6 aromatic rings. The zero-order valence-electron chi connectivity index (χ0n) is 40.0. The number of aldehydes is 1. The number of carbonyl (C=O) groups is 7. The summed E-state index contributed by atoms with van der Waals surface area (Å²) in [7, 11) is -0.599. The molecule has 0 aliphatic carbocycles. The van der Waals surface area contributed by atoms with Crippen LogP contribution in [0.1, 0.15) is 100 Å². The van der Waals surface area contributed by atoms with E-state index >= 15 is 0 Å². The molecular weight excluding hydrogens is 2110 g/mol. The molecule has 0 bridgehead atoms. The molecule has 2 N–H and O–H groups in total. The monoisotopic (exact) mass is 2150 g/mol. The molecule has 6 amide bonds. The van der Waals surface area contributed by atoms with Crippen molar-refractivity contribution in [3.05, 3.63) is 182 Å². The summed E-state index contributed by atoms with van der Waals surface area (Å²) in [6.45, 7) is 5.84. The molecule has 2 unspecified atom stereocenters. The van der Waals surface area contributed by atoms with Crippen LogP contribution in [0.2, 0.25) is 0 Å². The van der Waals surface area contributed by atoms with Crippen LogP contribution >= 0.6 is 150 Å². The van der Waals surface area contributed by atoms with E-state index in [2.05, 4.69) is 183 Å². The van der Waals surface area contributed by atoms with Crippen molar-refractivity contribution in [2.24, 2.45) is 4.99 Å². The van der Waals surface area contributed by atoms with E-state index in [1.165, 1.54) is 9.13 Å². The van der Waals surface area contributed by atoms with E-state index in [0.29, 0.717) is 58.6 Å². The minimum absolute atomic E-state index is 0.0128. The number of imide groups is 3. The third-order valence-electron chi connectivity index (χ3n) is 10.3. The number of fused-ring (bicyclic) bond motifs is 4. The van der Waals surface area contributed by atoms with Gasteiger partial charge < -0.3 is 15.0 Å². The standard InChI is InChI=1S/C19H14N2O3.C12H9NO3.C11H14IN.C10H7NO3.I5.I4/c22-17(16-9-12-5-1-2-6-13(12)10-20-16)11-21-18(23)14-7-3-4-8-15(14)19(21)24;1-2-8(14)7-13-11(15)9-5-3-4-6-10(9)12(13)16;1-11(2,3)13-8-9-6-4-5-7-10(9)12;12-6-5-11-9(13)7-3-1-2-4-8(7)10(11)14;1-4-5(2)3;1-4(2)3/h1-10,17,22H,11H2;1,3-6,8,14H,7H2;4-8H,1-3H3;1-4,6H,5H2;;/q;;;;-1;. The summed E-state index contributed by atoms with van der Waals surface area (Å²) in [6, 6.07) is 37.5. The number of nitrogens with zero attached hydrogens (tertiary/aromatic N) is 5. The van der Waals surface area contributed by atoms with E-state index in [1.807, 2.05) is 42.6 Å². The van der Waals surface area contributed by atoms with Crippen LogP contribution in [0.15, 0.2) is 139 Å². The molecule has 402 valence electrons. The van der Waals surface area contributed by atoms with Gasteiger partial charge in [0, 0.05) is 26.9 Å². The van der Waals surface area contributed by atoms with Crippen molar-refractivity contribution in [1.29, 1.82) is 0 Å². The fourth-order valence-corrected chi connectivity index (χ4v) is 7.43. The number of amides is 6. The van der Waals surface area contributed by atoms with Crippen molar-refractivity contribution < 1.29 is 57.0 Å². The van der Waals surface area contributed by atoms with Crippen molar-refractivity contribution in [3.63, 3.8) is 0 Å². The summed E-state index contributed by atoms with van der Waals surface area (Å²) in [6.07, 6.45) is 7.01. The Hall–Kier alpha value is -0.950. The number of terminal acetylenes is 1. The SMILES string of the molecule is C#CC(O)CN1C(=O)c2ccccc2C1=O.CC(C)(C)N=Cc1ccccc1I.II(I)I.I[I-]I(I)I.O=C1c2ccccc2C(=O)N1CC(O)c1cc2ccccc2cn1.O=CCN1C(=O)c2ccccc2C1=O. The number of benzene rings is 5. The topological polar surface area (TPSA) is 195 Å². The Bertz CT molecular complexity index is 3030. The Balaban J connectivity index is 0.000000213.